The van der Waals surface area contributed by atoms with Crippen LogP contribution in [-0.4, -0.2) is 131 Å². The molecule has 0 aliphatic heterocycles. The second-order valence-electron chi connectivity index (χ2n) is 1.62. The first-order valence-corrected chi connectivity index (χ1v) is 3.98. The standard InChI is InChI=1S/C3H9O6P.2Na.6H2O/c4-1-3(5)2-9-10(6,7)8;;;;;;;;/h3-5H,1-2H2,(H2,6,7,8);;;6*1H2. The Labute approximate surface area is 147 Å². The zero-order valence-electron chi connectivity index (χ0n) is 10.0. The summed E-state index contributed by atoms with van der Waals surface area (Å²) in [6.45, 7) is -1.15. The molecule has 0 aliphatic rings. The maximum atomic E-state index is 9.93. The molecule has 2 radical (unpaired) electrons. The zero-order valence-corrected chi connectivity index (χ0v) is 14.9. The van der Waals surface area contributed by atoms with Crippen LogP contribution < -0.4 is 0 Å². The Morgan fingerprint density at radius 2 is 1.22 bits per heavy atom. The van der Waals surface area contributed by atoms with Crippen molar-refractivity contribution >= 4 is 66.9 Å². The van der Waals surface area contributed by atoms with Crippen molar-refractivity contribution in [2.45, 2.75) is 6.10 Å². The fraction of sp³-hybridized carbons (Fsp3) is 1.00. The Bertz CT molecular complexity index is 141. The molecule has 0 saturated heterocycles. The van der Waals surface area contributed by atoms with E-state index in [2.05, 4.69) is 4.52 Å². The third-order valence-electron chi connectivity index (χ3n) is 0.646. The third kappa shape index (κ3) is 52.3. The molecule has 0 amide bonds. The molecule has 1 unspecified atom stereocenters. The van der Waals surface area contributed by atoms with Crippen molar-refractivity contribution in [2.75, 3.05) is 13.2 Å². The summed E-state index contributed by atoms with van der Waals surface area (Å²) in [7, 11) is -4.50. The SMILES string of the molecule is O.O.O.O.O.O.O=P(O)(O)OCC(O)CO.[Na].[Na]. The molecule has 0 aliphatic carbocycles. The van der Waals surface area contributed by atoms with E-state index in [1.54, 1.807) is 0 Å². The van der Waals surface area contributed by atoms with Gasteiger partial charge in [-0.15, -0.1) is 0 Å². The van der Waals surface area contributed by atoms with Gasteiger partial charge in [0.25, 0.3) is 0 Å². The average Bonchev–Trinajstić information content (AvgIpc) is 1.81. The van der Waals surface area contributed by atoms with E-state index in [1.807, 2.05) is 0 Å². The van der Waals surface area contributed by atoms with Gasteiger partial charge in [-0.05, 0) is 0 Å². The van der Waals surface area contributed by atoms with E-state index in [0.29, 0.717) is 0 Å². The quantitative estimate of drug-likeness (QED) is 0.287. The predicted octanol–water partition coefficient (Wildman–Crippen LogP) is -7.26. The Morgan fingerprint density at radius 1 is 0.944 bits per heavy atom. The second kappa shape index (κ2) is 31.3. The number of phosphoric acid groups is 1. The first-order chi connectivity index (χ1) is 4.45. The second-order valence-corrected chi connectivity index (χ2v) is 2.86. The van der Waals surface area contributed by atoms with Gasteiger partial charge in [0.2, 0.25) is 0 Å². The number of aliphatic hydroxyl groups excluding tert-OH is 2. The molecule has 12 nitrogen and oxygen atoms in total. The Kier molecular flexibility index (Phi) is 104. The van der Waals surface area contributed by atoms with Crippen LogP contribution in [-0.2, 0) is 9.09 Å². The van der Waals surface area contributed by atoms with E-state index in [9.17, 15) is 4.57 Å². The molecule has 0 saturated carbocycles. The molecule has 112 valence electrons. The molecule has 0 aromatic heterocycles. The minimum absolute atomic E-state index is 0. The van der Waals surface area contributed by atoms with E-state index in [0.717, 1.165) is 0 Å². The molecule has 0 bridgehead atoms. The third-order valence-corrected chi connectivity index (χ3v) is 1.13. The summed E-state index contributed by atoms with van der Waals surface area (Å²) in [6, 6.07) is 0. The van der Waals surface area contributed by atoms with Gasteiger partial charge >= 0.3 is 7.82 Å². The summed E-state index contributed by atoms with van der Waals surface area (Å²) in [5, 5.41) is 16.7. The smallest absolute Gasteiger partial charge is 0.412 e. The summed E-state index contributed by atoms with van der Waals surface area (Å²) < 4.78 is 13.8. The maximum absolute atomic E-state index is 9.93. The molecule has 0 heterocycles. The monoisotopic (exact) mass is 326 g/mol. The molecule has 18 heavy (non-hydrogen) atoms. The van der Waals surface area contributed by atoms with Gasteiger partial charge < -0.3 is 52.9 Å². The largest absolute Gasteiger partial charge is 0.469 e. The van der Waals surface area contributed by atoms with Crippen LogP contribution in [0.4, 0.5) is 0 Å². The molecular formula is C3H21Na2O12P. The van der Waals surface area contributed by atoms with Crippen molar-refractivity contribution in [3.63, 3.8) is 0 Å². The van der Waals surface area contributed by atoms with E-state index in [4.69, 9.17) is 20.0 Å². The zero-order chi connectivity index (χ0) is 8.20. The summed E-state index contributed by atoms with van der Waals surface area (Å²) in [5.41, 5.74) is 0. The van der Waals surface area contributed by atoms with Crippen LogP contribution in [0.1, 0.15) is 0 Å². The Balaban J connectivity index is -0.0000000145. The maximum Gasteiger partial charge on any atom is 0.469 e. The minimum Gasteiger partial charge on any atom is -0.412 e. The molecule has 0 spiro atoms. The first-order valence-electron chi connectivity index (χ1n) is 2.44. The van der Waals surface area contributed by atoms with Gasteiger partial charge in [-0.1, -0.05) is 0 Å². The Hall–Kier alpha value is 1.79. The number of phosphoric ester groups is 1. The van der Waals surface area contributed by atoms with Crippen molar-refractivity contribution in [1.29, 1.82) is 0 Å². The molecule has 0 rings (SSSR count). The number of aliphatic hydroxyl groups is 2. The van der Waals surface area contributed by atoms with Crippen molar-refractivity contribution in [3.05, 3.63) is 0 Å². The molecule has 0 aromatic rings. The van der Waals surface area contributed by atoms with Gasteiger partial charge in [-0.3, -0.25) is 4.52 Å². The van der Waals surface area contributed by atoms with Crippen LogP contribution in [0.2, 0.25) is 0 Å². The van der Waals surface area contributed by atoms with Gasteiger partial charge in [0.15, 0.2) is 0 Å². The topological polar surface area (TPSA) is 296 Å². The van der Waals surface area contributed by atoms with Crippen LogP contribution in [0.3, 0.4) is 0 Å². The van der Waals surface area contributed by atoms with Gasteiger partial charge in [0, 0.05) is 59.1 Å². The van der Waals surface area contributed by atoms with Crippen LogP contribution in [0.15, 0.2) is 0 Å². The van der Waals surface area contributed by atoms with Crippen molar-refractivity contribution in [1.82, 2.24) is 0 Å². The Morgan fingerprint density at radius 3 is 1.39 bits per heavy atom. The van der Waals surface area contributed by atoms with Gasteiger partial charge in [-0.2, -0.15) is 0 Å². The average molecular weight is 326 g/mol. The van der Waals surface area contributed by atoms with Crippen molar-refractivity contribution < 1.29 is 61.9 Å². The van der Waals surface area contributed by atoms with Gasteiger partial charge in [0.05, 0.1) is 13.2 Å². The van der Waals surface area contributed by atoms with Crippen molar-refractivity contribution in [3.8, 4) is 0 Å². The number of hydrogen-bond acceptors (Lipinski definition) is 4. The molecule has 15 heteroatoms. The fourth-order valence-corrected chi connectivity index (χ4v) is 0.602. The van der Waals surface area contributed by atoms with Gasteiger partial charge in [0.1, 0.15) is 6.10 Å². The van der Waals surface area contributed by atoms with Crippen molar-refractivity contribution in [2.24, 2.45) is 0 Å². The normalized spacial score (nSPS) is 8.44. The molecule has 0 aromatic carbocycles. The predicted molar refractivity (Wildman–Crippen MR) is 64.3 cm³/mol. The van der Waals surface area contributed by atoms with Crippen LogP contribution >= 0.6 is 7.82 Å². The van der Waals surface area contributed by atoms with E-state index in [-0.39, 0.29) is 92.0 Å². The van der Waals surface area contributed by atoms with E-state index >= 15 is 0 Å². The summed E-state index contributed by atoms with van der Waals surface area (Å²) in [6.07, 6.45) is -1.24. The molecule has 1 atom stereocenters. The number of rotatable bonds is 4. The minimum atomic E-state index is -4.50. The summed E-state index contributed by atoms with van der Waals surface area (Å²) >= 11 is 0. The van der Waals surface area contributed by atoms with Crippen LogP contribution in [0, 0.1) is 0 Å². The summed E-state index contributed by atoms with van der Waals surface area (Å²) in [5.74, 6) is 0. The van der Waals surface area contributed by atoms with Crippen LogP contribution in [0.5, 0.6) is 0 Å². The molecule has 16 N–H and O–H groups in total. The van der Waals surface area contributed by atoms with Gasteiger partial charge in [-0.25, -0.2) is 4.57 Å². The van der Waals surface area contributed by atoms with E-state index in [1.165, 1.54) is 0 Å². The number of hydrogen-bond donors (Lipinski definition) is 4. The first kappa shape index (κ1) is 60.0. The van der Waals surface area contributed by atoms with Crippen LogP contribution in [0.25, 0.3) is 0 Å². The molecule has 0 fully saturated rings. The van der Waals surface area contributed by atoms with E-state index < -0.39 is 27.1 Å². The molecular weight excluding hydrogens is 305 g/mol. The fourth-order valence-electron chi connectivity index (χ4n) is 0.236. The summed E-state index contributed by atoms with van der Waals surface area (Å²) in [4.78, 5) is 16.1.